The SMILES string of the molecule is CCCN1C[C@H](O)C[C@@H]2c3cccc4c3c(cn4CS)C[C@H]21. The molecule has 0 unspecified atom stereocenters. The Balaban J connectivity index is 1.84. The summed E-state index contributed by atoms with van der Waals surface area (Å²) in [4.78, 5) is 2.51. The van der Waals surface area contributed by atoms with E-state index in [4.69, 9.17) is 0 Å². The molecule has 1 N–H and O–H groups in total. The highest BCUT2D eigenvalue weighted by Gasteiger charge is 2.40. The lowest BCUT2D eigenvalue weighted by molar-refractivity contribution is 0.0200. The summed E-state index contributed by atoms with van der Waals surface area (Å²) in [5, 5.41) is 11.8. The molecule has 0 amide bonds. The van der Waals surface area contributed by atoms with Crippen molar-refractivity contribution in [2.24, 2.45) is 0 Å². The maximum Gasteiger partial charge on any atom is 0.0673 e. The van der Waals surface area contributed by atoms with Gasteiger partial charge in [0.15, 0.2) is 0 Å². The van der Waals surface area contributed by atoms with Gasteiger partial charge >= 0.3 is 0 Å². The molecule has 0 spiro atoms. The Morgan fingerprint density at radius 2 is 2.23 bits per heavy atom. The zero-order valence-electron chi connectivity index (χ0n) is 13.1. The number of β-amino-alcohol motifs (C(OH)–C–C–N with tert-alkyl or cyclic N) is 1. The smallest absolute Gasteiger partial charge is 0.0673 e. The Bertz CT molecular complexity index is 696. The molecule has 1 aliphatic carbocycles. The van der Waals surface area contributed by atoms with Crippen molar-refractivity contribution in [3.05, 3.63) is 35.5 Å². The summed E-state index contributed by atoms with van der Waals surface area (Å²) in [7, 11) is 0. The summed E-state index contributed by atoms with van der Waals surface area (Å²) in [5.41, 5.74) is 4.19. The van der Waals surface area contributed by atoms with E-state index in [2.05, 4.69) is 53.4 Å². The molecule has 1 aliphatic heterocycles. The molecule has 0 bridgehead atoms. The molecule has 1 aromatic carbocycles. The molecule has 0 radical (unpaired) electrons. The number of thiol groups is 1. The number of aliphatic hydroxyl groups excluding tert-OH is 1. The fraction of sp³-hybridized carbons (Fsp3) is 0.556. The minimum atomic E-state index is -0.198. The van der Waals surface area contributed by atoms with Gasteiger partial charge in [-0.2, -0.15) is 12.6 Å². The van der Waals surface area contributed by atoms with E-state index in [1.165, 1.54) is 22.0 Å². The lowest BCUT2D eigenvalue weighted by Crippen LogP contribution is -2.51. The van der Waals surface area contributed by atoms with Gasteiger partial charge < -0.3 is 9.67 Å². The third-order valence-electron chi connectivity index (χ3n) is 5.41. The largest absolute Gasteiger partial charge is 0.392 e. The molecular weight excluding hydrogens is 292 g/mol. The van der Waals surface area contributed by atoms with Crippen LogP contribution in [0.5, 0.6) is 0 Å². The van der Waals surface area contributed by atoms with E-state index in [0.29, 0.717) is 12.0 Å². The van der Waals surface area contributed by atoms with Crippen LogP contribution in [-0.2, 0) is 12.3 Å². The fourth-order valence-electron chi connectivity index (χ4n) is 4.61. The van der Waals surface area contributed by atoms with Crippen molar-refractivity contribution in [3.8, 4) is 0 Å². The van der Waals surface area contributed by atoms with E-state index in [-0.39, 0.29) is 6.10 Å². The van der Waals surface area contributed by atoms with Crippen molar-refractivity contribution in [1.29, 1.82) is 0 Å². The van der Waals surface area contributed by atoms with E-state index in [9.17, 15) is 5.11 Å². The molecule has 2 aromatic rings. The molecule has 3 nitrogen and oxygen atoms in total. The van der Waals surface area contributed by atoms with Crippen molar-refractivity contribution < 1.29 is 5.11 Å². The molecule has 2 heterocycles. The van der Waals surface area contributed by atoms with Crippen molar-refractivity contribution in [3.63, 3.8) is 0 Å². The van der Waals surface area contributed by atoms with Crippen LogP contribution in [0.2, 0.25) is 0 Å². The van der Waals surface area contributed by atoms with Crippen LogP contribution >= 0.6 is 12.6 Å². The monoisotopic (exact) mass is 316 g/mol. The molecule has 2 aliphatic rings. The van der Waals surface area contributed by atoms with Crippen LogP contribution in [0, 0.1) is 0 Å². The summed E-state index contributed by atoms with van der Waals surface area (Å²) in [6, 6.07) is 7.17. The molecule has 1 saturated heterocycles. The van der Waals surface area contributed by atoms with Gasteiger partial charge in [0.2, 0.25) is 0 Å². The first-order valence-corrected chi connectivity index (χ1v) is 8.99. The Kier molecular flexibility index (Phi) is 3.71. The number of rotatable bonds is 3. The summed E-state index contributed by atoms with van der Waals surface area (Å²) in [6.45, 7) is 4.13. The van der Waals surface area contributed by atoms with Crippen LogP contribution in [0.4, 0.5) is 0 Å². The van der Waals surface area contributed by atoms with Crippen molar-refractivity contribution in [2.45, 2.75) is 50.1 Å². The lowest BCUT2D eigenvalue weighted by atomic mass is 9.74. The molecule has 3 atom stereocenters. The maximum absolute atomic E-state index is 10.3. The topological polar surface area (TPSA) is 28.4 Å². The van der Waals surface area contributed by atoms with Crippen LogP contribution in [-0.4, -0.2) is 39.8 Å². The average molecular weight is 316 g/mol. The van der Waals surface area contributed by atoms with Gasteiger partial charge in [0.25, 0.3) is 0 Å². The number of hydrogen-bond donors (Lipinski definition) is 2. The number of hydrogen-bond acceptors (Lipinski definition) is 3. The second-order valence-corrected chi connectivity index (χ2v) is 7.05. The van der Waals surface area contributed by atoms with Crippen LogP contribution in [0.25, 0.3) is 10.9 Å². The van der Waals surface area contributed by atoms with Crippen molar-refractivity contribution in [1.82, 2.24) is 9.47 Å². The van der Waals surface area contributed by atoms with Gasteiger partial charge in [-0.1, -0.05) is 19.1 Å². The van der Waals surface area contributed by atoms with E-state index in [0.717, 1.165) is 38.2 Å². The number of likely N-dealkylation sites (tertiary alicyclic amines) is 1. The Morgan fingerprint density at radius 1 is 1.36 bits per heavy atom. The second kappa shape index (κ2) is 5.59. The standard InChI is InChI=1S/C18H24N2OS/c1-2-6-19-10-13(21)8-15-14-4-3-5-16-18(14)12(7-17(15)19)9-20(16)11-22/h3-5,9,13,15,17,21-22H,2,6-8,10-11H2,1H3/t13-,15-,17-/m1/s1. The van der Waals surface area contributed by atoms with Crippen molar-refractivity contribution >= 4 is 23.5 Å². The highest BCUT2D eigenvalue weighted by Crippen LogP contribution is 2.44. The fourth-order valence-corrected chi connectivity index (χ4v) is 4.84. The van der Waals surface area contributed by atoms with Gasteiger partial charge in [0.1, 0.15) is 0 Å². The van der Waals surface area contributed by atoms with Gasteiger partial charge in [-0.15, -0.1) is 0 Å². The van der Waals surface area contributed by atoms with Gasteiger partial charge in [0.05, 0.1) is 12.0 Å². The summed E-state index contributed by atoms with van der Waals surface area (Å²) < 4.78 is 2.25. The average Bonchev–Trinajstić information content (AvgIpc) is 2.88. The van der Waals surface area contributed by atoms with Crippen LogP contribution in [0.15, 0.2) is 24.4 Å². The van der Waals surface area contributed by atoms with E-state index in [1.54, 1.807) is 0 Å². The normalized spacial score (nSPS) is 28.0. The van der Waals surface area contributed by atoms with E-state index >= 15 is 0 Å². The number of aliphatic hydroxyl groups is 1. The quantitative estimate of drug-likeness (QED) is 0.852. The number of benzene rings is 1. The molecule has 4 heteroatoms. The molecule has 118 valence electrons. The van der Waals surface area contributed by atoms with Gasteiger partial charge in [-0.25, -0.2) is 0 Å². The number of nitrogens with zero attached hydrogens (tertiary/aromatic N) is 2. The van der Waals surface area contributed by atoms with E-state index in [1.807, 2.05) is 0 Å². The zero-order valence-corrected chi connectivity index (χ0v) is 14.0. The number of fused-ring (bicyclic) bond motifs is 2. The molecule has 0 saturated carbocycles. The maximum atomic E-state index is 10.3. The summed E-state index contributed by atoms with van der Waals surface area (Å²) in [5.74, 6) is 1.18. The zero-order chi connectivity index (χ0) is 15.3. The first kappa shape index (κ1) is 14.6. The van der Waals surface area contributed by atoms with Crippen LogP contribution in [0.3, 0.4) is 0 Å². The van der Waals surface area contributed by atoms with Crippen molar-refractivity contribution in [2.75, 3.05) is 13.1 Å². The number of piperidine rings is 1. The van der Waals surface area contributed by atoms with Crippen LogP contribution < -0.4 is 0 Å². The molecule has 22 heavy (non-hydrogen) atoms. The second-order valence-electron chi connectivity index (χ2n) is 6.77. The number of aromatic nitrogens is 1. The third-order valence-corrected chi connectivity index (χ3v) is 5.72. The highest BCUT2D eigenvalue weighted by atomic mass is 32.1. The summed E-state index contributed by atoms with van der Waals surface area (Å²) >= 11 is 4.47. The first-order valence-electron chi connectivity index (χ1n) is 8.36. The first-order chi connectivity index (χ1) is 10.7. The summed E-state index contributed by atoms with van der Waals surface area (Å²) in [6.07, 6.45) is 5.23. The van der Waals surface area contributed by atoms with Gasteiger partial charge in [-0.05, 0) is 43.0 Å². The third kappa shape index (κ3) is 2.12. The molecule has 4 rings (SSSR count). The lowest BCUT2D eigenvalue weighted by Gasteiger charge is -2.45. The molecule has 1 aromatic heterocycles. The van der Waals surface area contributed by atoms with Gasteiger partial charge in [-0.3, -0.25) is 4.90 Å². The van der Waals surface area contributed by atoms with Crippen LogP contribution in [0.1, 0.15) is 36.8 Å². The van der Waals surface area contributed by atoms with E-state index < -0.39 is 0 Å². The van der Waals surface area contributed by atoms with Gasteiger partial charge in [0, 0.05) is 35.6 Å². The minimum Gasteiger partial charge on any atom is -0.392 e. The Morgan fingerprint density at radius 3 is 3.00 bits per heavy atom. The Labute approximate surface area is 137 Å². The predicted octanol–water partition coefficient (Wildman–Crippen LogP) is 3.01. The Hall–Kier alpha value is -0.970. The predicted molar refractivity (Wildman–Crippen MR) is 93.6 cm³/mol. The highest BCUT2D eigenvalue weighted by molar-refractivity contribution is 7.79. The molecule has 1 fully saturated rings. The minimum absolute atomic E-state index is 0.198. The molecular formula is C18H24N2OS.